The summed E-state index contributed by atoms with van der Waals surface area (Å²) in [5.74, 6) is 1.33. The van der Waals surface area contributed by atoms with Gasteiger partial charge in [-0.05, 0) is 43.2 Å². The highest BCUT2D eigenvalue weighted by molar-refractivity contribution is 5.94. The Hall–Kier alpha value is -2.31. The van der Waals surface area contributed by atoms with Crippen LogP contribution in [-0.2, 0) is 16.0 Å². The van der Waals surface area contributed by atoms with E-state index in [9.17, 15) is 4.79 Å². The van der Waals surface area contributed by atoms with Crippen LogP contribution in [0.25, 0.3) is 0 Å². The smallest absolute Gasteiger partial charge is 0.254 e. The summed E-state index contributed by atoms with van der Waals surface area (Å²) in [6.45, 7) is 2.65. The van der Waals surface area contributed by atoms with Gasteiger partial charge in [-0.25, -0.2) is 0 Å². The number of amides is 1. The van der Waals surface area contributed by atoms with E-state index in [1.807, 2.05) is 24.3 Å². The molecule has 0 radical (unpaired) electrons. The van der Waals surface area contributed by atoms with Gasteiger partial charge in [0.25, 0.3) is 5.91 Å². The molecule has 0 bridgehead atoms. The summed E-state index contributed by atoms with van der Waals surface area (Å²) in [5.41, 5.74) is 0.581. The largest absolute Gasteiger partial charge is 0.491 e. The molecule has 1 saturated heterocycles. The summed E-state index contributed by atoms with van der Waals surface area (Å²) in [6, 6.07) is 10.9. The first-order valence-corrected chi connectivity index (χ1v) is 8.91. The zero-order chi connectivity index (χ0) is 18.2. The van der Waals surface area contributed by atoms with Crippen molar-refractivity contribution in [3.05, 3.63) is 54.0 Å². The van der Waals surface area contributed by atoms with E-state index in [0.29, 0.717) is 37.6 Å². The number of nitrogens with zero attached hydrogens (tertiary/aromatic N) is 1. The van der Waals surface area contributed by atoms with Gasteiger partial charge in [0, 0.05) is 25.8 Å². The number of carbonyl (C=O) groups excluding carboxylic acids is 1. The number of furan rings is 1. The summed E-state index contributed by atoms with van der Waals surface area (Å²) in [7, 11) is 1.62. The highest BCUT2D eigenvalue weighted by atomic mass is 16.5. The second kappa shape index (κ2) is 9.40. The molecule has 1 unspecified atom stereocenters. The maximum atomic E-state index is 12.9. The minimum Gasteiger partial charge on any atom is -0.491 e. The Morgan fingerprint density at radius 2 is 2.23 bits per heavy atom. The third kappa shape index (κ3) is 5.09. The summed E-state index contributed by atoms with van der Waals surface area (Å²) < 4.78 is 21.9. The molecule has 3 rings (SSSR count). The molecule has 1 aromatic carbocycles. The number of methoxy groups -OCH3 is 1. The number of ether oxygens (including phenoxy) is 3. The maximum Gasteiger partial charge on any atom is 0.254 e. The maximum absolute atomic E-state index is 12.9. The Bertz CT molecular complexity index is 679. The molecule has 6 heteroatoms. The number of hydrogen-bond acceptors (Lipinski definition) is 5. The van der Waals surface area contributed by atoms with Gasteiger partial charge >= 0.3 is 0 Å². The zero-order valence-electron chi connectivity index (χ0n) is 15.1. The van der Waals surface area contributed by atoms with E-state index in [1.165, 1.54) is 0 Å². The van der Waals surface area contributed by atoms with Crippen LogP contribution in [0.15, 0.2) is 47.1 Å². The van der Waals surface area contributed by atoms with Crippen LogP contribution in [0.2, 0.25) is 0 Å². The lowest BCUT2D eigenvalue weighted by atomic mass is 10.2. The first-order valence-electron chi connectivity index (χ1n) is 8.91. The van der Waals surface area contributed by atoms with Crippen molar-refractivity contribution in [3.8, 4) is 5.75 Å². The molecule has 6 nitrogen and oxygen atoms in total. The van der Waals surface area contributed by atoms with Gasteiger partial charge < -0.3 is 23.5 Å². The molecule has 1 aromatic heterocycles. The topological polar surface area (TPSA) is 61.1 Å². The van der Waals surface area contributed by atoms with E-state index < -0.39 is 0 Å². The van der Waals surface area contributed by atoms with Crippen molar-refractivity contribution < 1.29 is 23.4 Å². The van der Waals surface area contributed by atoms with Gasteiger partial charge in [0.2, 0.25) is 0 Å². The van der Waals surface area contributed by atoms with Gasteiger partial charge in [-0.3, -0.25) is 4.79 Å². The zero-order valence-corrected chi connectivity index (χ0v) is 15.1. The van der Waals surface area contributed by atoms with Gasteiger partial charge in [0.15, 0.2) is 0 Å². The molecular formula is C20H25NO5. The van der Waals surface area contributed by atoms with Crippen LogP contribution in [0.5, 0.6) is 5.75 Å². The fraction of sp³-hybridized carbons (Fsp3) is 0.450. The van der Waals surface area contributed by atoms with Crippen LogP contribution in [-0.4, -0.2) is 50.4 Å². The molecule has 2 aromatic rings. The van der Waals surface area contributed by atoms with Crippen molar-refractivity contribution in [3.63, 3.8) is 0 Å². The summed E-state index contributed by atoms with van der Waals surface area (Å²) in [4.78, 5) is 14.6. The van der Waals surface area contributed by atoms with Gasteiger partial charge in [-0.2, -0.15) is 0 Å². The first-order chi connectivity index (χ1) is 12.8. The molecule has 1 aliphatic rings. The first kappa shape index (κ1) is 18.5. The van der Waals surface area contributed by atoms with Crippen molar-refractivity contribution in [2.24, 2.45) is 0 Å². The molecule has 0 aliphatic carbocycles. The Morgan fingerprint density at radius 3 is 2.96 bits per heavy atom. The number of rotatable bonds is 9. The summed E-state index contributed by atoms with van der Waals surface area (Å²) in [5, 5.41) is 0. The molecular weight excluding hydrogens is 334 g/mol. The minimum absolute atomic E-state index is 0.0824. The van der Waals surface area contributed by atoms with Gasteiger partial charge in [0.05, 0.1) is 25.5 Å². The van der Waals surface area contributed by atoms with Crippen LogP contribution in [0.1, 0.15) is 29.0 Å². The van der Waals surface area contributed by atoms with Crippen molar-refractivity contribution >= 4 is 5.91 Å². The average Bonchev–Trinajstić information content (AvgIpc) is 3.37. The van der Waals surface area contributed by atoms with Crippen molar-refractivity contribution in [2.75, 3.05) is 33.5 Å². The lowest BCUT2D eigenvalue weighted by Gasteiger charge is -2.22. The highest BCUT2D eigenvalue weighted by Gasteiger charge is 2.19. The van der Waals surface area contributed by atoms with E-state index in [4.69, 9.17) is 18.6 Å². The van der Waals surface area contributed by atoms with Crippen molar-refractivity contribution in [1.82, 2.24) is 4.90 Å². The lowest BCUT2D eigenvalue weighted by molar-refractivity contribution is 0.0658. The Morgan fingerprint density at radius 1 is 1.31 bits per heavy atom. The average molecular weight is 359 g/mol. The molecule has 140 valence electrons. The fourth-order valence-electron chi connectivity index (χ4n) is 2.91. The monoisotopic (exact) mass is 359 g/mol. The second-order valence-corrected chi connectivity index (χ2v) is 6.27. The minimum atomic E-state index is -0.0824. The van der Waals surface area contributed by atoms with E-state index in [0.717, 1.165) is 25.2 Å². The highest BCUT2D eigenvalue weighted by Crippen LogP contribution is 2.19. The SMILES string of the molecule is COCCN(Cc1ccco1)C(=O)c1cccc(OCC2CCCO2)c1. The molecule has 0 N–H and O–H groups in total. The van der Waals surface area contributed by atoms with Crippen molar-refractivity contribution in [1.29, 1.82) is 0 Å². The standard InChI is InChI=1S/C20H25NO5/c1-23-12-9-21(14-18-7-3-10-24-18)20(22)16-5-2-6-17(13-16)26-15-19-8-4-11-25-19/h2-3,5-7,10,13,19H,4,8-9,11-12,14-15H2,1H3. The molecule has 2 heterocycles. The van der Waals surface area contributed by atoms with Crippen LogP contribution in [0.4, 0.5) is 0 Å². The van der Waals surface area contributed by atoms with Crippen LogP contribution >= 0.6 is 0 Å². The Kier molecular flexibility index (Phi) is 6.68. The molecule has 1 amide bonds. The van der Waals surface area contributed by atoms with Gasteiger partial charge in [0.1, 0.15) is 18.1 Å². The van der Waals surface area contributed by atoms with Crippen LogP contribution in [0.3, 0.4) is 0 Å². The van der Waals surface area contributed by atoms with E-state index in [2.05, 4.69) is 0 Å². The molecule has 0 spiro atoms. The summed E-state index contributed by atoms with van der Waals surface area (Å²) in [6.07, 6.45) is 3.85. The third-order valence-corrected chi connectivity index (χ3v) is 4.32. The number of hydrogen-bond donors (Lipinski definition) is 0. The molecule has 1 aliphatic heterocycles. The van der Waals surface area contributed by atoms with E-state index in [-0.39, 0.29) is 12.0 Å². The van der Waals surface area contributed by atoms with E-state index >= 15 is 0 Å². The van der Waals surface area contributed by atoms with Gasteiger partial charge in [-0.15, -0.1) is 0 Å². The number of benzene rings is 1. The molecule has 1 atom stereocenters. The van der Waals surface area contributed by atoms with Crippen LogP contribution < -0.4 is 4.74 Å². The number of carbonyl (C=O) groups is 1. The quantitative estimate of drug-likeness (QED) is 0.688. The predicted molar refractivity (Wildman–Crippen MR) is 96.2 cm³/mol. The van der Waals surface area contributed by atoms with Crippen LogP contribution in [0, 0.1) is 0 Å². The predicted octanol–water partition coefficient (Wildman–Crippen LogP) is 3.13. The van der Waals surface area contributed by atoms with Crippen molar-refractivity contribution in [2.45, 2.75) is 25.5 Å². The second-order valence-electron chi connectivity index (χ2n) is 6.27. The summed E-state index contributed by atoms with van der Waals surface area (Å²) >= 11 is 0. The Labute approximate surface area is 153 Å². The third-order valence-electron chi connectivity index (χ3n) is 4.32. The van der Waals surface area contributed by atoms with E-state index in [1.54, 1.807) is 30.4 Å². The molecule has 26 heavy (non-hydrogen) atoms. The lowest BCUT2D eigenvalue weighted by Crippen LogP contribution is -2.33. The Balaban J connectivity index is 1.65. The van der Waals surface area contributed by atoms with Gasteiger partial charge in [-0.1, -0.05) is 6.07 Å². The normalized spacial score (nSPS) is 16.6. The molecule has 0 saturated carbocycles. The fourth-order valence-corrected chi connectivity index (χ4v) is 2.91. The molecule has 1 fully saturated rings.